The molecule has 2 aromatic heterocycles. The maximum Gasteiger partial charge on any atom is 0.174 e. The van der Waals surface area contributed by atoms with E-state index in [1.54, 1.807) is 12.3 Å². The summed E-state index contributed by atoms with van der Waals surface area (Å²) in [5.74, 6) is 0.310. The van der Waals surface area contributed by atoms with Gasteiger partial charge in [-0.3, -0.25) is 0 Å². The van der Waals surface area contributed by atoms with E-state index in [2.05, 4.69) is 21.2 Å². The van der Waals surface area contributed by atoms with Gasteiger partial charge >= 0.3 is 0 Å². The Bertz CT molecular complexity index is 734. The standard InChI is InChI=1S/C15H13BrFNO2/c1-2-18-13(10-6-7-19-15(10)16)12-8-9-4-3-5-11(17)14(9)20-12/h3-8,13,18H,2H2,1H3. The fourth-order valence-electron chi connectivity index (χ4n) is 2.27. The van der Waals surface area contributed by atoms with Gasteiger partial charge in [-0.05, 0) is 40.7 Å². The van der Waals surface area contributed by atoms with E-state index in [-0.39, 0.29) is 17.4 Å². The molecule has 1 unspecified atom stereocenters. The minimum absolute atomic E-state index is 0.181. The molecule has 0 radical (unpaired) electrons. The van der Waals surface area contributed by atoms with E-state index in [1.807, 2.05) is 25.1 Å². The fraction of sp³-hybridized carbons (Fsp3) is 0.200. The molecule has 0 saturated carbocycles. The molecule has 3 rings (SSSR count). The van der Waals surface area contributed by atoms with Crippen LogP contribution in [-0.4, -0.2) is 6.54 Å². The predicted molar refractivity (Wildman–Crippen MR) is 78.1 cm³/mol. The number of hydrogen-bond donors (Lipinski definition) is 1. The van der Waals surface area contributed by atoms with Crippen LogP contribution in [0.15, 0.2) is 50.1 Å². The number of para-hydroxylation sites is 1. The van der Waals surface area contributed by atoms with E-state index in [4.69, 9.17) is 8.83 Å². The Morgan fingerprint density at radius 1 is 1.35 bits per heavy atom. The maximum atomic E-state index is 13.7. The number of hydrogen-bond acceptors (Lipinski definition) is 3. The first kappa shape index (κ1) is 13.4. The van der Waals surface area contributed by atoms with Crippen LogP contribution in [0.2, 0.25) is 0 Å². The maximum absolute atomic E-state index is 13.7. The Morgan fingerprint density at radius 2 is 2.20 bits per heavy atom. The van der Waals surface area contributed by atoms with Crippen LogP contribution in [0.5, 0.6) is 0 Å². The Labute approximate surface area is 123 Å². The van der Waals surface area contributed by atoms with Gasteiger partial charge < -0.3 is 14.2 Å². The average Bonchev–Trinajstić information content (AvgIpc) is 3.03. The molecule has 3 aromatic rings. The lowest BCUT2D eigenvalue weighted by molar-refractivity contribution is 0.457. The highest BCUT2D eigenvalue weighted by molar-refractivity contribution is 9.10. The van der Waals surface area contributed by atoms with Gasteiger partial charge in [-0.15, -0.1) is 0 Å². The molecule has 20 heavy (non-hydrogen) atoms. The van der Waals surface area contributed by atoms with Crippen LogP contribution in [0.25, 0.3) is 11.0 Å². The molecule has 104 valence electrons. The van der Waals surface area contributed by atoms with E-state index >= 15 is 0 Å². The van der Waals surface area contributed by atoms with Gasteiger partial charge in [0, 0.05) is 10.9 Å². The number of furan rings is 2. The van der Waals surface area contributed by atoms with Crippen molar-refractivity contribution in [2.45, 2.75) is 13.0 Å². The first-order chi connectivity index (χ1) is 9.70. The second-order valence-electron chi connectivity index (χ2n) is 4.45. The molecule has 0 saturated heterocycles. The van der Waals surface area contributed by atoms with E-state index in [9.17, 15) is 4.39 Å². The molecule has 0 amide bonds. The van der Waals surface area contributed by atoms with Gasteiger partial charge in [0.05, 0.1) is 12.3 Å². The molecule has 1 atom stereocenters. The van der Waals surface area contributed by atoms with Gasteiger partial charge in [-0.25, -0.2) is 4.39 Å². The van der Waals surface area contributed by atoms with Gasteiger partial charge in [0.15, 0.2) is 16.1 Å². The van der Waals surface area contributed by atoms with Gasteiger partial charge in [-0.1, -0.05) is 19.1 Å². The van der Waals surface area contributed by atoms with Crippen LogP contribution < -0.4 is 5.32 Å². The zero-order valence-electron chi connectivity index (χ0n) is 10.8. The number of halogens is 2. The number of fused-ring (bicyclic) bond motifs is 1. The summed E-state index contributed by atoms with van der Waals surface area (Å²) in [5, 5.41) is 4.07. The lowest BCUT2D eigenvalue weighted by Crippen LogP contribution is -2.21. The third-order valence-corrected chi connectivity index (χ3v) is 3.81. The van der Waals surface area contributed by atoms with Crippen molar-refractivity contribution in [2.24, 2.45) is 0 Å². The quantitative estimate of drug-likeness (QED) is 0.754. The summed E-state index contributed by atoms with van der Waals surface area (Å²) in [6, 6.07) is 8.43. The Balaban J connectivity index is 2.10. The zero-order chi connectivity index (χ0) is 14.1. The summed E-state index contributed by atoms with van der Waals surface area (Å²) in [6.07, 6.45) is 1.60. The molecular weight excluding hydrogens is 325 g/mol. The molecule has 2 heterocycles. The van der Waals surface area contributed by atoms with Crippen molar-refractivity contribution in [3.8, 4) is 0 Å². The van der Waals surface area contributed by atoms with Crippen molar-refractivity contribution in [1.82, 2.24) is 5.32 Å². The Kier molecular flexibility index (Phi) is 3.63. The van der Waals surface area contributed by atoms with E-state index in [0.29, 0.717) is 10.4 Å². The second kappa shape index (κ2) is 5.42. The number of benzene rings is 1. The lowest BCUT2D eigenvalue weighted by Gasteiger charge is -2.14. The van der Waals surface area contributed by atoms with Crippen molar-refractivity contribution in [3.05, 3.63) is 58.4 Å². The summed E-state index contributed by atoms with van der Waals surface area (Å²) in [6.45, 7) is 2.76. The molecule has 0 aliphatic carbocycles. The largest absolute Gasteiger partial charge is 0.457 e. The Hall–Kier alpha value is -1.59. The molecular formula is C15H13BrFNO2. The van der Waals surface area contributed by atoms with Crippen LogP contribution in [-0.2, 0) is 0 Å². The minimum Gasteiger partial charge on any atom is -0.457 e. The SMILES string of the molecule is CCNC(c1cc2cccc(F)c2o1)c1ccoc1Br. The molecule has 0 aliphatic rings. The van der Waals surface area contributed by atoms with Gasteiger partial charge in [0.25, 0.3) is 0 Å². The van der Waals surface area contributed by atoms with Crippen molar-refractivity contribution in [3.63, 3.8) is 0 Å². The van der Waals surface area contributed by atoms with Gasteiger partial charge in [0.2, 0.25) is 0 Å². The zero-order valence-corrected chi connectivity index (χ0v) is 12.4. The highest BCUT2D eigenvalue weighted by atomic mass is 79.9. The predicted octanol–water partition coefficient (Wildman–Crippen LogP) is 4.63. The summed E-state index contributed by atoms with van der Waals surface area (Å²) in [4.78, 5) is 0. The van der Waals surface area contributed by atoms with Crippen LogP contribution in [0.4, 0.5) is 4.39 Å². The highest BCUT2D eigenvalue weighted by Crippen LogP contribution is 2.33. The average molecular weight is 338 g/mol. The molecule has 1 N–H and O–H groups in total. The first-order valence-corrected chi connectivity index (χ1v) is 7.14. The lowest BCUT2D eigenvalue weighted by atomic mass is 10.1. The number of nitrogens with one attached hydrogen (secondary N) is 1. The monoisotopic (exact) mass is 337 g/mol. The van der Waals surface area contributed by atoms with E-state index in [1.165, 1.54) is 6.07 Å². The Morgan fingerprint density at radius 3 is 2.85 bits per heavy atom. The second-order valence-corrected chi connectivity index (χ2v) is 5.17. The topological polar surface area (TPSA) is 38.3 Å². The molecule has 0 aliphatic heterocycles. The molecule has 0 bridgehead atoms. The van der Waals surface area contributed by atoms with Gasteiger partial charge in [0.1, 0.15) is 5.76 Å². The number of rotatable bonds is 4. The smallest absolute Gasteiger partial charge is 0.174 e. The van der Waals surface area contributed by atoms with Crippen molar-refractivity contribution in [2.75, 3.05) is 6.54 Å². The molecule has 0 fully saturated rings. The fourth-order valence-corrected chi connectivity index (χ4v) is 2.74. The van der Waals surface area contributed by atoms with Crippen LogP contribution in [0, 0.1) is 5.82 Å². The first-order valence-electron chi connectivity index (χ1n) is 6.35. The third kappa shape index (κ3) is 2.27. The van der Waals surface area contributed by atoms with Crippen LogP contribution >= 0.6 is 15.9 Å². The van der Waals surface area contributed by atoms with E-state index < -0.39 is 0 Å². The van der Waals surface area contributed by atoms with Crippen molar-refractivity contribution < 1.29 is 13.2 Å². The minimum atomic E-state index is -0.352. The summed E-state index contributed by atoms with van der Waals surface area (Å²) in [7, 11) is 0. The molecule has 1 aromatic carbocycles. The normalized spacial score (nSPS) is 12.9. The van der Waals surface area contributed by atoms with Crippen molar-refractivity contribution in [1.29, 1.82) is 0 Å². The molecule has 3 nitrogen and oxygen atoms in total. The molecule has 0 spiro atoms. The van der Waals surface area contributed by atoms with Crippen LogP contribution in [0.1, 0.15) is 24.3 Å². The summed E-state index contributed by atoms with van der Waals surface area (Å²) >= 11 is 3.37. The van der Waals surface area contributed by atoms with Crippen molar-refractivity contribution >= 4 is 26.9 Å². The summed E-state index contributed by atoms with van der Waals surface area (Å²) < 4.78 is 25.3. The third-order valence-electron chi connectivity index (χ3n) is 3.16. The highest BCUT2D eigenvalue weighted by Gasteiger charge is 2.22. The van der Waals surface area contributed by atoms with E-state index in [0.717, 1.165) is 17.5 Å². The van der Waals surface area contributed by atoms with Gasteiger partial charge in [-0.2, -0.15) is 0 Å². The molecule has 5 heteroatoms. The van der Waals surface area contributed by atoms with Crippen LogP contribution in [0.3, 0.4) is 0 Å². The summed E-state index contributed by atoms with van der Waals surface area (Å²) in [5.41, 5.74) is 1.20.